The molecule has 0 fully saturated rings. The van der Waals surface area contributed by atoms with E-state index in [1.807, 2.05) is 6.07 Å². The number of aromatic nitrogens is 1. The molecule has 0 unspecified atom stereocenters. The summed E-state index contributed by atoms with van der Waals surface area (Å²) in [7, 11) is 0. The van der Waals surface area contributed by atoms with Crippen molar-refractivity contribution in [3.8, 4) is 5.75 Å². The predicted molar refractivity (Wildman–Crippen MR) is 73.8 cm³/mol. The molecule has 1 aromatic heterocycles. The normalized spacial score (nSPS) is 11.0. The second-order valence-electron chi connectivity index (χ2n) is 5.06. The number of rotatable bonds is 7. The van der Waals surface area contributed by atoms with Gasteiger partial charge in [-0.1, -0.05) is 25.1 Å². The molecule has 4 nitrogen and oxygen atoms in total. The molecule has 0 amide bonds. The first kappa shape index (κ1) is 14.5. The number of nitrogens with one attached hydrogen (secondary N) is 1. The molecule has 0 radical (unpaired) electrons. The minimum absolute atomic E-state index is 0.169. The highest BCUT2D eigenvalue weighted by Crippen LogP contribution is 2.19. The molecule has 1 N–H and O–H groups in total. The van der Waals surface area contributed by atoms with Crippen LogP contribution in [0.15, 0.2) is 35.0 Å². The first-order valence-electron chi connectivity index (χ1n) is 6.66. The lowest BCUT2D eigenvalue weighted by Crippen LogP contribution is -2.19. The van der Waals surface area contributed by atoms with Gasteiger partial charge in [-0.15, -0.1) is 0 Å². The number of benzene rings is 1. The maximum Gasteiger partial charge on any atom is 0.174 e. The molecule has 0 saturated heterocycles. The van der Waals surface area contributed by atoms with Crippen LogP contribution in [0.1, 0.15) is 25.2 Å². The van der Waals surface area contributed by atoms with Crippen LogP contribution >= 0.6 is 0 Å². The van der Waals surface area contributed by atoms with E-state index in [2.05, 4.69) is 24.3 Å². The number of ether oxygens (including phenoxy) is 1. The standard InChI is InChI=1S/C15H19FN2O2/c1-11(2)8-17-9-12-3-4-15(14(16)7-12)19-10-13-5-6-18-20-13/h3-7,11,17H,8-10H2,1-2H3. The number of halogens is 1. The van der Waals surface area contributed by atoms with Gasteiger partial charge in [-0.05, 0) is 30.2 Å². The van der Waals surface area contributed by atoms with Crippen LogP contribution in [0.3, 0.4) is 0 Å². The van der Waals surface area contributed by atoms with Crippen molar-refractivity contribution in [2.24, 2.45) is 5.92 Å². The van der Waals surface area contributed by atoms with Crippen LogP contribution in [0.5, 0.6) is 5.75 Å². The Hall–Kier alpha value is -1.88. The highest BCUT2D eigenvalue weighted by molar-refractivity contribution is 5.29. The van der Waals surface area contributed by atoms with E-state index >= 15 is 0 Å². The molecule has 1 aromatic carbocycles. The Morgan fingerprint density at radius 1 is 1.35 bits per heavy atom. The maximum atomic E-state index is 13.9. The second-order valence-corrected chi connectivity index (χ2v) is 5.06. The summed E-state index contributed by atoms with van der Waals surface area (Å²) < 4.78 is 24.1. The highest BCUT2D eigenvalue weighted by atomic mass is 19.1. The van der Waals surface area contributed by atoms with Crippen molar-refractivity contribution in [2.45, 2.75) is 27.0 Å². The molecule has 1 heterocycles. The molecule has 0 aliphatic rings. The lowest BCUT2D eigenvalue weighted by Gasteiger charge is -2.09. The van der Waals surface area contributed by atoms with Gasteiger partial charge in [0.15, 0.2) is 17.3 Å². The van der Waals surface area contributed by atoms with Gasteiger partial charge in [-0.25, -0.2) is 4.39 Å². The van der Waals surface area contributed by atoms with Crippen LogP contribution in [0.25, 0.3) is 0 Å². The fraction of sp³-hybridized carbons (Fsp3) is 0.400. The number of nitrogens with zero attached hydrogens (tertiary/aromatic N) is 1. The Kier molecular flexibility index (Phi) is 5.12. The summed E-state index contributed by atoms with van der Waals surface area (Å²) in [5, 5.41) is 6.83. The van der Waals surface area contributed by atoms with Crippen molar-refractivity contribution in [1.29, 1.82) is 0 Å². The van der Waals surface area contributed by atoms with Gasteiger partial charge >= 0.3 is 0 Å². The van der Waals surface area contributed by atoms with Crippen LogP contribution in [0.2, 0.25) is 0 Å². The summed E-state index contributed by atoms with van der Waals surface area (Å²) >= 11 is 0. The molecule has 0 bridgehead atoms. The summed E-state index contributed by atoms with van der Waals surface area (Å²) in [6.07, 6.45) is 1.53. The number of hydrogen-bond acceptors (Lipinski definition) is 4. The van der Waals surface area contributed by atoms with E-state index in [9.17, 15) is 4.39 Å². The van der Waals surface area contributed by atoms with Gasteiger partial charge in [0.1, 0.15) is 6.61 Å². The van der Waals surface area contributed by atoms with E-state index < -0.39 is 0 Å². The maximum absolute atomic E-state index is 13.9. The van der Waals surface area contributed by atoms with Gasteiger partial charge in [0.25, 0.3) is 0 Å². The molecular formula is C15H19FN2O2. The van der Waals surface area contributed by atoms with Gasteiger partial charge < -0.3 is 14.6 Å². The van der Waals surface area contributed by atoms with E-state index in [-0.39, 0.29) is 18.2 Å². The third kappa shape index (κ3) is 4.35. The van der Waals surface area contributed by atoms with Gasteiger partial charge in [0, 0.05) is 12.6 Å². The van der Waals surface area contributed by atoms with Crippen molar-refractivity contribution in [2.75, 3.05) is 6.54 Å². The number of hydrogen-bond donors (Lipinski definition) is 1. The van der Waals surface area contributed by atoms with E-state index in [1.54, 1.807) is 12.1 Å². The zero-order chi connectivity index (χ0) is 14.4. The van der Waals surface area contributed by atoms with Crippen LogP contribution in [-0.4, -0.2) is 11.7 Å². The van der Waals surface area contributed by atoms with Gasteiger partial charge in [-0.3, -0.25) is 0 Å². The van der Waals surface area contributed by atoms with Gasteiger partial charge in [-0.2, -0.15) is 0 Å². The molecule has 2 aromatic rings. The molecule has 2 rings (SSSR count). The van der Waals surface area contributed by atoms with Crippen LogP contribution in [0.4, 0.5) is 4.39 Å². The average molecular weight is 278 g/mol. The van der Waals surface area contributed by atoms with Crippen molar-refractivity contribution in [1.82, 2.24) is 10.5 Å². The van der Waals surface area contributed by atoms with Crippen LogP contribution < -0.4 is 10.1 Å². The minimum Gasteiger partial charge on any atom is -0.482 e. The van der Waals surface area contributed by atoms with Gasteiger partial charge in [0.05, 0.1) is 6.20 Å². The molecule has 0 saturated carbocycles. The first-order valence-corrected chi connectivity index (χ1v) is 6.66. The van der Waals surface area contributed by atoms with Crippen LogP contribution in [-0.2, 0) is 13.2 Å². The zero-order valence-electron chi connectivity index (χ0n) is 11.7. The summed E-state index contributed by atoms with van der Waals surface area (Å²) in [4.78, 5) is 0. The lowest BCUT2D eigenvalue weighted by molar-refractivity contribution is 0.240. The van der Waals surface area contributed by atoms with Crippen molar-refractivity contribution in [3.05, 3.63) is 47.6 Å². The Morgan fingerprint density at radius 3 is 2.85 bits per heavy atom. The van der Waals surface area contributed by atoms with E-state index in [1.165, 1.54) is 12.3 Å². The quantitative estimate of drug-likeness (QED) is 0.845. The smallest absolute Gasteiger partial charge is 0.174 e. The molecule has 0 aliphatic carbocycles. The third-order valence-corrected chi connectivity index (χ3v) is 2.74. The SMILES string of the molecule is CC(C)CNCc1ccc(OCc2ccno2)c(F)c1. The van der Waals surface area contributed by atoms with Crippen LogP contribution in [0, 0.1) is 11.7 Å². The van der Waals surface area contributed by atoms with E-state index in [4.69, 9.17) is 9.26 Å². The fourth-order valence-corrected chi connectivity index (χ4v) is 1.74. The topological polar surface area (TPSA) is 47.3 Å². The van der Waals surface area contributed by atoms with Gasteiger partial charge in [0.2, 0.25) is 0 Å². The van der Waals surface area contributed by atoms with E-state index in [0.29, 0.717) is 18.2 Å². The summed E-state index contributed by atoms with van der Waals surface area (Å²) in [6, 6.07) is 6.66. The molecule has 5 heteroatoms. The lowest BCUT2D eigenvalue weighted by atomic mass is 10.2. The molecule has 0 aliphatic heterocycles. The summed E-state index contributed by atoms with van der Waals surface area (Å²) in [6.45, 7) is 5.99. The van der Waals surface area contributed by atoms with Crippen molar-refractivity contribution in [3.63, 3.8) is 0 Å². The Labute approximate surface area is 117 Å². The Balaban J connectivity index is 1.88. The largest absolute Gasteiger partial charge is 0.482 e. The molecule has 0 atom stereocenters. The fourth-order valence-electron chi connectivity index (χ4n) is 1.74. The molecule has 108 valence electrons. The summed E-state index contributed by atoms with van der Waals surface area (Å²) in [5.41, 5.74) is 0.898. The minimum atomic E-state index is -0.367. The van der Waals surface area contributed by atoms with E-state index in [0.717, 1.165) is 12.1 Å². The van der Waals surface area contributed by atoms with Crippen molar-refractivity contribution < 1.29 is 13.7 Å². The second kappa shape index (κ2) is 7.05. The molecular weight excluding hydrogens is 259 g/mol. The molecule has 0 spiro atoms. The zero-order valence-corrected chi connectivity index (χ0v) is 11.7. The third-order valence-electron chi connectivity index (χ3n) is 2.74. The first-order chi connectivity index (χ1) is 9.65. The summed E-state index contributed by atoms with van der Waals surface area (Å²) in [5.74, 6) is 0.985. The Morgan fingerprint density at radius 2 is 2.20 bits per heavy atom. The Bertz CT molecular complexity index is 527. The van der Waals surface area contributed by atoms with Crippen molar-refractivity contribution >= 4 is 0 Å². The average Bonchev–Trinajstić information content (AvgIpc) is 2.90. The highest BCUT2D eigenvalue weighted by Gasteiger charge is 2.06. The monoisotopic (exact) mass is 278 g/mol. The predicted octanol–water partition coefficient (Wildman–Crippen LogP) is 3.14. The molecule has 20 heavy (non-hydrogen) atoms.